The van der Waals surface area contributed by atoms with E-state index in [1.54, 1.807) is 4.90 Å². The number of carbonyl (C=O) groups excluding carboxylic acids is 3. The van der Waals surface area contributed by atoms with Gasteiger partial charge in [-0.15, -0.1) is 0 Å². The molecule has 1 N–H and O–H groups in total. The van der Waals surface area contributed by atoms with Crippen LogP contribution in [0.15, 0.2) is 0 Å². The molecule has 0 aliphatic carbocycles. The largest absolute Gasteiger partial charge is 0.338 e. The van der Waals surface area contributed by atoms with Gasteiger partial charge in [0.2, 0.25) is 5.91 Å². The van der Waals surface area contributed by atoms with Crippen LogP contribution in [0.4, 0.5) is 4.79 Å². The smallest absolute Gasteiger partial charge is 0.318 e. The summed E-state index contributed by atoms with van der Waals surface area (Å²) in [5, 5.41) is 3.06. The van der Waals surface area contributed by atoms with Gasteiger partial charge in [-0.3, -0.25) is 9.59 Å². The Balaban J connectivity index is 2.78. The number of piperazine rings is 1. The molecular formula is C21H40N4O3S. The molecule has 1 heterocycles. The first-order valence-electron chi connectivity index (χ1n) is 10.8. The minimum atomic E-state index is -0.507. The summed E-state index contributed by atoms with van der Waals surface area (Å²) in [6.45, 7) is 14.2. The number of nitrogens with one attached hydrogen (secondary N) is 1. The monoisotopic (exact) mass is 428 g/mol. The summed E-state index contributed by atoms with van der Waals surface area (Å²) in [6, 6.07) is -0.712. The topological polar surface area (TPSA) is 73.0 Å². The molecule has 1 aliphatic rings. The Morgan fingerprint density at radius 1 is 1.00 bits per heavy atom. The third-order valence-electron chi connectivity index (χ3n) is 5.05. The van der Waals surface area contributed by atoms with Gasteiger partial charge < -0.3 is 20.0 Å². The van der Waals surface area contributed by atoms with Crippen molar-refractivity contribution in [3.8, 4) is 0 Å². The summed E-state index contributed by atoms with van der Waals surface area (Å²) in [5.41, 5.74) is 0. The van der Waals surface area contributed by atoms with Crippen molar-refractivity contribution in [3.05, 3.63) is 0 Å². The molecule has 0 bridgehead atoms. The van der Waals surface area contributed by atoms with E-state index in [0.717, 1.165) is 19.5 Å². The zero-order chi connectivity index (χ0) is 22.0. The lowest BCUT2D eigenvalue weighted by Crippen LogP contribution is -2.56. The van der Waals surface area contributed by atoms with Gasteiger partial charge in [0, 0.05) is 51.9 Å². The van der Waals surface area contributed by atoms with Gasteiger partial charge in [0.05, 0.1) is 0 Å². The molecule has 0 spiro atoms. The maximum absolute atomic E-state index is 13.1. The summed E-state index contributed by atoms with van der Waals surface area (Å²) >= 11 is 1.23. The number of hydrogen-bond donors (Lipinski definition) is 1. The van der Waals surface area contributed by atoms with E-state index in [2.05, 4.69) is 45.0 Å². The van der Waals surface area contributed by atoms with Crippen molar-refractivity contribution in [1.29, 1.82) is 0 Å². The van der Waals surface area contributed by atoms with E-state index in [9.17, 15) is 14.4 Å². The SMILES string of the molecule is CC(=O)SCCN(CCC(C)C)C(=O)NC(CC(C)C)C(=O)N1CCN(C)CC1. The lowest BCUT2D eigenvalue weighted by Gasteiger charge is -2.35. The molecule has 29 heavy (non-hydrogen) atoms. The molecule has 1 aliphatic heterocycles. The van der Waals surface area contributed by atoms with E-state index in [4.69, 9.17) is 0 Å². The number of amides is 3. The van der Waals surface area contributed by atoms with E-state index in [-0.39, 0.29) is 17.1 Å². The highest BCUT2D eigenvalue weighted by Crippen LogP contribution is 2.12. The number of hydrogen-bond acceptors (Lipinski definition) is 5. The Bertz CT molecular complexity index is 534. The first-order valence-corrected chi connectivity index (χ1v) is 11.7. The maximum Gasteiger partial charge on any atom is 0.318 e. The van der Waals surface area contributed by atoms with Crippen molar-refractivity contribution in [3.63, 3.8) is 0 Å². The zero-order valence-corrected chi connectivity index (χ0v) is 19.9. The van der Waals surface area contributed by atoms with Crippen LogP contribution in [0.3, 0.4) is 0 Å². The second kappa shape index (κ2) is 13.1. The quantitative estimate of drug-likeness (QED) is 0.579. The van der Waals surface area contributed by atoms with Gasteiger partial charge in [0.1, 0.15) is 6.04 Å². The van der Waals surface area contributed by atoms with Gasteiger partial charge in [-0.25, -0.2) is 4.79 Å². The summed E-state index contributed by atoms with van der Waals surface area (Å²) in [6.07, 6.45) is 1.51. The fraction of sp³-hybridized carbons (Fsp3) is 0.857. The van der Waals surface area contributed by atoms with Crippen LogP contribution in [0, 0.1) is 11.8 Å². The van der Waals surface area contributed by atoms with Crippen molar-refractivity contribution in [2.45, 2.75) is 53.5 Å². The van der Waals surface area contributed by atoms with Crippen molar-refractivity contribution in [1.82, 2.24) is 20.0 Å². The maximum atomic E-state index is 13.1. The molecule has 0 aromatic rings. The summed E-state index contributed by atoms with van der Waals surface area (Å²) in [5.74, 6) is 1.36. The molecule has 0 aromatic carbocycles. The molecule has 0 saturated carbocycles. The molecule has 0 radical (unpaired) electrons. The van der Waals surface area contributed by atoms with Crippen LogP contribution in [0.1, 0.15) is 47.5 Å². The Morgan fingerprint density at radius 3 is 2.14 bits per heavy atom. The third-order valence-corrected chi connectivity index (χ3v) is 5.84. The number of thioether (sulfide) groups is 1. The van der Waals surface area contributed by atoms with E-state index < -0.39 is 6.04 Å². The van der Waals surface area contributed by atoms with Crippen LogP contribution in [0.2, 0.25) is 0 Å². The second-order valence-corrected chi connectivity index (χ2v) is 10.0. The standard InChI is InChI=1S/C21H40N4O3S/c1-16(2)7-8-25(13-14-29-18(5)26)21(28)22-19(15-17(3)4)20(27)24-11-9-23(6)10-12-24/h16-17,19H,7-15H2,1-6H3,(H,22,28). The van der Waals surface area contributed by atoms with Crippen LogP contribution in [-0.4, -0.2) is 89.9 Å². The highest BCUT2D eigenvalue weighted by Gasteiger charge is 2.29. The van der Waals surface area contributed by atoms with Gasteiger partial charge >= 0.3 is 6.03 Å². The average molecular weight is 429 g/mol. The van der Waals surface area contributed by atoms with Crippen LogP contribution in [0.5, 0.6) is 0 Å². The number of rotatable bonds is 10. The normalized spacial score (nSPS) is 16.2. The molecule has 3 amide bonds. The molecular weight excluding hydrogens is 388 g/mol. The predicted octanol–water partition coefficient (Wildman–Crippen LogP) is 2.51. The second-order valence-electron chi connectivity index (χ2n) is 8.77. The Kier molecular flexibility index (Phi) is 11.6. The average Bonchev–Trinajstić information content (AvgIpc) is 2.63. The van der Waals surface area contributed by atoms with E-state index in [1.165, 1.54) is 18.7 Å². The fourth-order valence-electron chi connectivity index (χ4n) is 3.21. The highest BCUT2D eigenvalue weighted by molar-refractivity contribution is 8.13. The van der Waals surface area contributed by atoms with Crippen molar-refractivity contribution < 1.29 is 14.4 Å². The van der Waals surface area contributed by atoms with Gasteiger partial charge in [0.15, 0.2) is 5.12 Å². The minimum Gasteiger partial charge on any atom is -0.338 e. The van der Waals surface area contributed by atoms with Crippen molar-refractivity contribution >= 4 is 28.8 Å². The first-order chi connectivity index (χ1) is 13.6. The molecule has 8 heteroatoms. The highest BCUT2D eigenvalue weighted by atomic mass is 32.2. The summed E-state index contributed by atoms with van der Waals surface area (Å²) in [7, 11) is 2.06. The van der Waals surface area contributed by atoms with E-state index in [0.29, 0.717) is 50.2 Å². The zero-order valence-electron chi connectivity index (χ0n) is 19.1. The Hall–Kier alpha value is -1.28. The fourth-order valence-corrected chi connectivity index (χ4v) is 3.81. The van der Waals surface area contributed by atoms with Crippen LogP contribution in [0.25, 0.3) is 0 Å². The molecule has 1 saturated heterocycles. The molecule has 1 rings (SSSR count). The summed E-state index contributed by atoms with van der Waals surface area (Å²) < 4.78 is 0. The van der Waals surface area contributed by atoms with Crippen molar-refractivity contribution in [2.24, 2.45) is 11.8 Å². The van der Waals surface area contributed by atoms with Crippen molar-refractivity contribution in [2.75, 3.05) is 52.1 Å². The molecule has 1 atom stereocenters. The van der Waals surface area contributed by atoms with Gasteiger partial charge in [-0.05, 0) is 31.7 Å². The number of nitrogens with zero attached hydrogens (tertiary/aromatic N) is 3. The van der Waals surface area contributed by atoms with Crippen LogP contribution >= 0.6 is 11.8 Å². The molecule has 7 nitrogen and oxygen atoms in total. The minimum absolute atomic E-state index is 0.0158. The first kappa shape index (κ1) is 25.8. The van der Waals surface area contributed by atoms with Crippen LogP contribution < -0.4 is 5.32 Å². The lowest BCUT2D eigenvalue weighted by molar-refractivity contribution is -0.135. The number of likely N-dealkylation sites (N-methyl/N-ethyl adjacent to an activating group) is 1. The lowest BCUT2D eigenvalue weighted by atomic mass is 10.0. The molecule has 1 fully saturated rings. The molecule has 168 valence electrons. The summed E-state index contributed by atoms with van der Waals surface area (Å²) in [4.78, 5) is 43.2. The Labute approximate surface area is 180 Å². The van der Waals surface area contributed by atoms with E-state index in [1.807, 2.05) is 4.90 Å². The Morgan fingerprint density at radius 2 is 1.62 bits per heavy atom. The predicted molar refractivity (Wildman–Crippen MR) is 120 cm³/mol. The molecule has 1 unspecified atom stereocenters. The van der Waals surface area contributed by atoms with Gasteiger partial charge in [-0.2, -0.15) is 0 Å². The number of urea groups is 1. The third kappa shape index (κ3) is 10.3. The van der Waals surface area contributed by atoms with Crippen LogP contribution in [-0.2, 0) is 9.59 Å². The number of carbonyl (C=O) groups is 3. The van der Waals surface area contributed by atoms with Gasteiger partial charge in [0.25, 0.3) is 0 Å². The van der Waals surface area contributed by atoms with Gasteiger partial charge in [-0.1, -0.05) is 39.5 Å². The van der Waals surface area contributed by atoms with E-state index >= 15 is 0 Å². The molecule has 0 aromatic heterocycles.